The Hall–Kier alpha value is -2.65. The van der Waals surface area contributed by atoms with Crippen molar-refractivity contribution in [2.24, 2.45) is 22.8 Å². The number of thiophene rings is 1. The molecule has 0 bridgehead atoms. The van der Waals surface area contributed by atoms with Gasteiger partial charge in [0.25, 0.3) is 0 Å². The van der Waals surface area contributed by atoms with Gasteiger partial charge in [-0.25, -0.2) is 4.79 Å². The van der Waals surface area contributed by atoms with E-state index in [0.29, 0.717) is 22.9 Å². The first-order valence-electron chi connectivity index (χ1n) is 9.48. The Morgan fingerprint density at radius 3 is 2.66 bits per heavy atom. The van der Waals surface area contributed by atoms with Crippen LogP contribution in [0.15, 0.2) is 23.6 Å². The third-order valence-electron chi connectivity index (χ3n) is 4.89. The summed E-state index contributed by atoms with van der Waals surface area (Å²) in [6.07, 6.45) is 0.998. The largest absolute Gasteiger partial charge is 0.473 e. The lowest BCUT2D eigenvalue weighted by atomic mass is 9.80. The van der Waals surface area contributed by atoms with Gasteiger partial charge < -0.3 is 21.5 Å². The molecule has 2 unspecified atom stereocenters. The summed E-state index contributed by atoms with van der Waals surface area (Å²) in [5, 5.41) is 7.60. The molecule has 1 aliphatic rings. The lowest BCUT2D eigenvalue weighted by Crippen LogP contribution is -2.40. The number of urea groups is 1. The number of primary amides is 2. The standard InChI is InChI=1S/C20H27N5O3S/c1-20(2,3)16(11-6-7-23-9-11)28-15-5-4-13(18(24-15)25-19(22)27)14-8-12(10-29-14)17(21)26/h4-5,8,10-11,16,23H,6-7,9H2,1-3H3,(H2,21,26)(H3,22,24,25,27). The van der Waals surface area contributed by atoms with Gasteiger partial charge in [0.05, 0.1) is 5.56 Å². The summed E-state index contributed by atoms with van der Waals surface area (Å²) in [7, 11) is 0. The number of hydrogen-bond acceptors (Lipinski definition) is 6. The number of hydrogen-bond donors (Lipinski definition) is 4. The molecular weight excluding hydrogens is 390 g/mol. The molecule has 0 spiro atoms. The second-order valence-corrected chi connectivity index (χ2v) is 9.17. The van der Waals surface area contributed by atoms with Crippen molar-refractivity contribution in [3.8, 4) is 16.3 Å². The summed E-state index contributed by atoms with van der Waals surface area (Å²) in [6.45, 7) is 8.30. The third kappa shape index (κ3) is 5.04. The highest BCUT2D eigenvalue weighted by Gasteiger charge is 2.36. The fourth-order valence-electron chi connectivity index (χ4n) is 3.57. The average molecular weight is 418 g/mol. The molecule has 9 heteroatoms. The van der Waals surface area contributed by atoms with Gasteiger partial charge in [-0.15, -0.1) is 11.3 Å². The van der Waals surface area contributed by atoms with Crippen LogP contribution in [0.5, 0.6) is 5.88 Å². The minimum absolute atomic E-state index is 0.0412. The Kier molecular flexibility index (Phi) is 6.09. The van der Waals surface area contributed by atoms with Gasteiger partial charge >= 0.3 is 6.03 Å². The molecule has 0 aromatic carbocycles. The second-order valence-electron chi connectivity index (χ2n) is 8.26. The number of aromatic nitrogens is 1. The molecule has 1 aliphatic heterocycles. The van der Waals surface area contributed by atoms with E-state index in [-0.39, 0.29) is 17.3 Å². The number of rotatable bonds is 6. The average Bonchev–Trinajstić information content (AvgIpc) is 3.30. The summed E-state index contributed by atoms with van der Waals surface area (Å²) >= 11 is 1.33. The number of anilines is 1. The van der Waals surface area contributed by atoms with Crippen LogP contribution in [0.3, 0.4) is 0 Å². The van der Waals surface area contributed by atoms with Crippen molar-refractivity contribution in [1.29, 1.82) is 0 Å². The topological polar surface area (TPSA) is 132 Å². The molecule has 8 nitrogen and oxygen atoms in total. The van der Waals surface area contributed by atoms with E-state index in [1.54, 1.807) is 23.6 Å². The molecular formula is C20H27N5O3S. The van der Waals surface area contributed by atoms with E-state index in [1.807, 2.05) is 0 Å². The van der Waals surface area contributed by atoms with Crippen molar-refractivity contribution in [3.63, 3.8) is 0 Å². The summed E-state index contributed by atoms with van der Waals surface area (Å²) in [6, 6.07) is 4.51. The molecule has 3 amide bonds. The zero-order valence-corrected chi connectivity index (χ0v) is 17.6. The maximum Gasteiger partial charge on any atom is 0.317 e. The maximum absolute atomic E-state index is 11.5. The minimum atomic E-state index is -0.727. The van der Waals surface area contributed by atoms with Crippen LogP contribution in [0, 0.1) is 11.3 Å². The van der Waals surface area contributed by atoms with Crippen LogP contribution in [-0.4, -0.2) is 36.1 Å². The zero-order chi connectivity index (χ0) is 21.2. The van der Waals surface area contributed by atoms with Gasteiger partial charge in [-0.05, 0) is 30.5 Å². The van der Waals surface area contributed by atoms with Crippen LogP contribution in [0.25, 0.3) is 10.4 Å². The van der Waals surface area contributed by atoms with Crippen molar-refractivity contribution < 1.29 is 14.3 Å². The van der Waals surface area contributed by atoms with Crippen LogP contribution in [0.2, 0.25) is 0 Å². The third-order valence-corrected chi connectivity index (χ3v) is 5.85. The van der Waals surface area contributed by atoms with E-state index in [1.165, 1.54) is 11.3 Å². The van der Waals surface area contributed by atoms with E-state index < -0.39 is 11.9 Å². The summed E-state index contributed by atoms with van der Waals surface area (Å²) in [4.78, 5) is 28.2. The molecule has 1 saturated heterocycles. The Bertz CT molecular complexity index is 900. The molecule has 2 aromatic rings. The fraction of sp³-hybridized carbons (Fsp3) is 0.450. The van der Waals surface area contributed by atoms with Gasteiger partial charge in [-0.1, -0.05) is 20.8 Å². The molecule has 3 heterocycles. The smallest absolute Gasteiger partial charge is 0.317 e. The number of nitrogens with one attached hydrogen (secondary N) is 2. The van der Waals surface area contributed by atoms with Gasteiger partial charge in [0, 0.05) is 34.3 Å². The fourth-order valence-corrected chi connectivity index (χ4v) is 4.49. The van der Waals surface area contributed by atoms with Crippen molar-refractivity contribution in [1.82, 2.24) is 10.3 Å². The highest BCUT2D eigenvalue weighted by molar-refractivity contribution is 7.14. The van der Waals surface area contributed by atoms with Crippen molar-refractivity contribution in [2.75, 3.05) is 18.4 Å². The lowest BCUT2D eigenvalue weighted by molar-refractivity contribution is 0.0374. The number of amides is 3. The second kappa shape index (κ2) is 8.38. The molecule has 6 N–H and O–H groups in total. The van der Waals surface area contributed by atoms with Crippen molar-refractivity contribution in [3.05, 3.63) is 29.1 Å². The number of carbonyl (C=O) groups is 2. The first-order chi connectivity index (χ1) is 13.6. The molecule has 0 radical (unpaired) electrons. The molecule has 0 saturated carbocycles. The Balaban J connectivity index is 1.93. The Morgan fingerprint density at radius 2 is 2.10 bits per heavy atom. The van der Waals surface area contributed by atoms with E-state index in [4.69, 9.17) is 16.2 Å². The first kappa shape index (κ1) is 21.1. The normalized spacial score (nSPS) is 17.7. The Labute approximate surface area is 174 Å². The van der Waals surface area contributed by atoms with Gasteiger partial charge in [-0.3, -0.25) is 10.1 Å². The molecule has 3 rings (SSSR count). The number of nitrogens with zero attached hydrogens (tertiary/aromatic N) is 1. The van der Waals surface area contributed by atoms with E-state index in [2.05, 4.69) is 36.4 Å². The SMILES string of the molecule is CC(C)(C)C(Oc1ccc(-c2cc(C(N)=O)cs2)c(NC(N)=O)n1)C1CCNC1. The quantitative estimate of drug-likeness (QED) is 0.574. The predicted octanol–water partition coefficient (Wildman–Crippen LogP) is 2.80. The molecule has 2 atom stereocenters. The van der Waals surface area contributed by atoms with E-state index in [9.17, 15) is 9.59 Å². The number of nitrogens with two attached hydrogens (primary N) is 2. The van der Waals surface area contributed by atoms with Crippen LogP contribution < -0.4 is 26.8 Å². The monoisotopic (exact) mass is 417 g/mol. The highest BCUT2D eigenvalue weighted by atomic mass is 32.1. The summed E-state index contributed by atoms with van der Waals surface area (Å²) < 4.78 is 6.31. The van der Waals surface area contributed by atoms with Crippen molar-refractivity contribution >= 4 is 29.1 Å². The first-order valence-corrected chi connectivity index (χ1v) is 10.4. The minimum Gasteiger partial charge on any atom is -0.473 e. The van der Waals surface area contributed by atoms with Gasteiger partial charge in [0.2, 0.25) is 11.8 Å². The number of pyridine rings is 1. The van der Waals surface area contributed by atoms with Gasteiger partial charge in [0.15, 0.2) is 0 Å². The number of ether oxygens (including phenoxy) is 1. The lowest BCUT2D eigenvalue weighted by Gasteiger charge is -2.35. The van der Waals surface area contributed by atoms with Gasteiger partial charge in [0.1, 0.15) is 11.9 Å². The molecule has 0 aliphatic carbocycles. The molecule has 29 heavy (non-hydrogen) atoms. The Morgan fingerprint density at radius 1 is 1.34 bits per heavy atom. The summed E-state index contributed by atoms with van der Waals surface area (Å²) in [5.74, 6) is 0.559. The van der Waals surface area contributed by atoms with Crippen molar-refractivity contribution in [2.45, 2.75) is 33.3 Å². The molecule has 156 valence electrons. The predicted molar refractivity (Wildman–Crippen MR) is 114 cm³/mol. The molecule has 1 fully saturated rings. The molecule has 2 aromatic heterocycles. The zero-order valence-electron chi connectivity index (χ0n) is 16.8. The number of carbonyl (C=O) groups excluding carboxylic acids is 2. The maximum atomic E-state index is 11.5. The van der Waals surface area contributed by atoms with Crippen LogP contribution in [-0.2, 0) is 0 Å². The van der Waals surface area contributed by atoms with Crippen LogP contribution >= 0.6 is 11.3 Å². The highest BCUT2D eigenvalue weighted by Crippen LogP contribution is 2.36. The summed E-state index contributed by atoms with van der Waals surface area (Å²) in [5.41, 5.74) is 11.6. The van der Waals surface area contributed by atoms with Crippen LogP contribution in [0.4, 0.5) is 10.6 Å². The van der Waals surface area contributed by atoms with E-state index in [0.717, 1.165) is 24.4 Å². The van der Waals surface area contributed by atoms with E-state index >= 15 is 0 Å². The van der Waals surface area contributed by atoms with Crippen LogP contribution in [0.1, 0.15) is 37.6 Å². The van der Waals surface area contributed by atoms with Gasteiger partial charge in [-0.2, -0.15) is 4.98 Å².